The molecule has 0 unspecified atom stereocenters. The van der Waals surface area contributed by atoms with Crippen molar-refractivity contribution in [2.24, 2.45) is 0 Å². The number of rotatable bonds is 7. The Morgan fingerprint density at radius 1 is 1.26 bits per heavy atom. The number of amides is 1. The van der Waals surface area contributed by atoms with Crippen LogP contribution in [0.2, 0.25) is 0 Å². The van der Waals surface area contributed by atoms with Gasteiger partial charge in [0.25, 0.3) is 5.91 Å². The molecule has 138 valence electrons. The number of aromatic nitrogens is 1. The van der Waals surface area contributed by atoms with E-state index in [1.54, 1.807) is 36.3 Å². The van der Waals surface area contributed by atoms with Gasteiger partial charge in [-0.3, -0.25) is 4.79 Å². The lowest BCUT2D eigenvalue weighted by Gasteiger charge is -2.20. The largest absolute Gasteiger partial charge is 0.497 e. The van der Waals surface area contributed by atoms with E-state index >= 15 is 0 Å². The fraction of sp³-hybridized carbons (Fsp3) is 0.143. The highest BCUT2D eigenvalue weighted by Crippen LogP contribution is 2.28. The SMILES string of the molecule is C=CCN(Cc1ccc(OC)cc1)C(=O)c1cnc(-c2ccccc2F)s1. The Morgan fingerprint density at radius 2 is 2.00 bits per heavy atom. The van der Waals surface area contributed by atoms with Gasteiger partial charge in [0.15, 0.2) is 0 Å². The maximum absolute atomic E-state index is 14.0. The number of carbonyl (C=O) groups is 1. The zero-order valence-electron chi connectivity index (χ0n) is 14.9. The fourth-order valence-electron chi connectivity index (χ4n) is 2.61. The van der Waals surface area contributed by atoms with Gasteiger partial charge >= 0.3 is 0 Å². The van der Waals surface area contributed by atoms with E-state index in [0.29, 0.717) is 28.5 Å². The third kappa shape index (κ3) is 4.41. The van der Waals surface area contributed by atoms with Crippen molar-refractivity contribution in [3.63, 3.8) is 0 Å². The Hall–Kier alpha value is -2.99. The molecule has 2 aromatic carbocycles. The molecule has 0 saturated heterocycles. The minimum atomic E-state index is -0.355. The molecule has 6 heteroatoms. The molecule has 0 bridgehead atoms. The number of halogens is 1. The third-order valence-corrected chi connectivity index (χ3v) is 5.01. The van der Waals surface area contributed by atoms with E-state index in [1.165, 1.54) is 23.6 Å². The van der Waals surface area contributed by atoms with Crippen molar-refractivity contribution in [2.75, 3.05) is 13.7 Å². The molecule has 0 saturated carbocycles. The summed E-state index contributed by atoms with van der Waals surface area (Å²) in [5.41, 5.74) is 1.37. The molecule has 0 fully saturated rings. The van der Waals surface area contributed by atoms with Crippen LogP contribution in [0, 0.1) is 5.82 Å². The van der Waals surface area contributed by atoms with Crippen LogP contribution in [0.1, 0.15) is 15.2 Å². The first-order chi connectivity index (χ1) is 13.1. The number of ether oxygens (including phenoxy) is 1. The van der Waals surface area contributed by atoms with Crippen molar-refractivity contribution < 1.29 is 13.9 Å². The normalized spacial score (nSPS) is 10.4. The first kappa shape index (κ1) is 18.8. The Morgan fingerprint density at radius 3 is 2.67 bits per heavy atom. The second kappa shape index (κ2) is 8.60. The number of thiazole rings is 1. The first-order valence-corrected chi connectivity index (χ1v) is 9.18. The Kier molecular flexibility index (Phi) is 5.98. The highest BCUT2D eigenvalue weighted by molar-refractivity contribution is 7.16. The van der Waals surface area contributed by atoms with E-state index in [2.05, 4.69) is 11.6 Å². The molecular weight excluding hydrogens is 363 g/mol. The molecule has 27 heavy (non-hydrogen) atoms. The monoisotopic (exact) mass is 382 g/mol. The van der Waals surface area contributed by atoms with Crippen LogP contribution in [-0.4, -0.2) is 29.4 Å². The van der Waals surface area contributed by atoms with Crippen LogP contribution in [0.4, 0.5) is 4.39 Å². The second-order valence-corrected chi connectivity index (χ2v) is 6.86. The van der Waals surface area contributed by atoms with Crippen molar-refractivity contribution in [2.45, 2.75) is 6.54 Å². The molecule has 3 rings (SSSR count). The highest BCUT2D eigenvalue weighted by atomic mass is 32.1. The van der Waals surface area contributed by atoms with E-state index < -0.39 is 0 Å². The zero-order valence-corrected chi connectivity index (χ0v) is 15.7. The standard InChI is InChI=1S/C21H19FN2O2S/c1-3-12-24(14-15-8-10-16(26-2)11-9-15)21(25)19-13-23-20(27-19)17-6-4-5-7-18(17)22/h3-11,13H,1,12,14H2,2H3. The second-order valence-electron chi connectivity index (χ2n) is 5.83. The van der Waals surface area contributed by atoms with Crippen molar-refractivity contribution >= 4 is 17.2 Å². The van der Waals surface area contributed by atoms with Crippen molar-refractivity contribution in [1.29, 1.82) is 0 Å². The summed E-state index contributed by atoms with van der Waals surface area (Å²) in [7, 11) is 1.61. The molecule has 1 amide bonds. The summed E-state index contributed by atoms with van der Waals surface area (Å²) in [5, 5.41) is 0.486. The number of nitrogens with zero attached hydrogens (tertiary/aromatic N) is 2. The summed E-state index contributed by atoms with van der Waals surface area (Å²) in [6, 6.07) is 13.9. The number of benzene rings is 2. The Balaban J connectivity index is 1.80. The van der Waals surface area contributed by atoms with Crippen LogP contribution in [-0.2, 0) is 6.54 Å². The Labute approximate surface area is 161 Å². The van der Waals surface area contributed by atoms with Gasteiger partial charge < -0.3 is 9.64 Å². The van der Waals surface area contributed by atoms with E-state index in [-0.39, 0.29) is 11.7 Å². The maximum atomic E-state index is 14.0. The van der Waals surface area contributed by atoms with Crippen LogP contribution in [0.3, 0.4) is 0 Å². The molecule has 0 aliphatic carbocycles. The van der Waals surface area contributed by atoms with Gasteiger partial charge in [0, 0.05) is 18.7 Å². The van der Waals surface area contributed by atoms with Gasteiger partial charge in [0.05, 0.1) is 13.3 Å². The van der Waals surface area contributed by atoms with Gasteiger partial charge in [0.1, 0.15) is 21.5 Å². The molecule has 1 heterocycles. The molecule has 0 spiro atoms. The maximum Gasteiger partial charge on any atom is 0.266 e. The molecular formula is C21H19FN2O2S. The summed E-state index contributed by atoms with van der Waals surface area (Å²) in [4.78, 5) is 19.3. The van der Waals surface area contributed by atoms with Gasteiger partial charge in [-0.25, -0.2) is 9.37 Å². The minimum absolute atomic E-state index is 0.161. The fourth-order valence-corrected chi connectivity index (χ4v) is 3.53. The molecule has 0 radical (unpaired) electrons. The Bertz CT molecular complexity index is 937. The van der Waals surface area contributed by atoms with Crippen LogP contribution >= 0.6 is 11.3 Å². The smallest absolute Gasteiger partial charge is 0.266 e. The van der Waals surface area contributed by atoms with E-state index in [4.69, 9.17) is 4.74 Å². The number of hydrogen-bond acceptors (Lipinski definition) is 4. The predicted molar refractivity (Wildman–Crippen MR) is 105 cm³/mol. The van der Waals surface area contributed by atoms with Gasteiger partial charge in [-0.2, -0.15) is 0 Å². The van der Waals surface area contributed by atoms with Gasteiger partial charge in [-0.1, -0.05) is 30.3 Å². The van der Waals surface area contributed by atoms with Crippen molar-refractivity contribution in [3.05, 3.63) is 83.6 Å². The third-order valence-electron chi connectivity index (χ3n) is 3.99. The molecule has 3 aromatic rings. The highest BCUT2D eigenvalue weighted by Gasteiger charge is 2.19. The lowest BCUT2D eigenvalue weighted by atomic mass is 10.2. The molecule has 0 aliphatic heterocycles. The average molecular weight is 382 g/mol. The topological polar surface area (TPSA) is 42.4 Å². The lowest BCUT2D eigenvalue weighted by molar-refractivity contribution is 0.0767. The van der Waals surface area contributed by atoms with E-state index in [9.17, 15) is 9.18 Å². The van der Waals surface area contributed by atoms with E-state index in [0.717, 1.165) is 11.3 Å². The first-order valence-electron chi connectivity index (χ1n) is 8.36. The summed E-state index contributed by atoms with van der Waals surface area (Å²) in [5.74, 6) is 0.246. The van der Waals surface area contributed by atoms with Crippen LogP contribution in [0.25, 0.3) is 10.6 Å². The van der Waals surface area contributed by atoms with Crippen molar-refractivity contribution in [1.82, 2.24) is 9.88 Å². The van der Waals surface area contributed by atoms with Gasteiger partial charge in [-0.15, -0.1) is 17.9 Å². The average Bonchev–Trinajstić information content (AvgIpc) is 3.18. The number of hydrogen-bond donors (Lipinski definition) is 0. The lowest BCUT2D eigenvalue weighted by Crippen LogP contribution is -2.30. The molecule has 1 aromatic heterocycles. The van der Waals surface area contributed by atoms with Crippen LogP contribution in [0.15, 0.2) is 67.4 Å². The summed E-state index contributed by atoms with van der Waals surface area (Å²) < 4.78 is 19.1. The molecule has 0 atom stereocenters. The van der Waals surface area contributed by atoms with E-state index in [1.807, 2.05) is 24.3 Å². The summed E-state index contributed by atoms with van der Waals surface area (Å²) >= 11 is 1.18. The summed E-state index contributed by atoms with van der Waals surface area (Å²) in [6.45, 7) is 4.57. The number of methoxy groups -OCH3 is 1. The van der Waals surface area contributed by atoms with Gasteiger partial charge in [0.2, 0.25) is 0 Å². The quantitative estimate of drug-likeness (QED) is 0.552. The number of carbonyl (C=O) groups excluding carboxylic acids is 1. The molecule has 4 nitrogen and oxygen atoms in total. The van der Waals surface area contributed by atoms with Crippen molar-refractivity contribution in [3.8, 4) is 16.3 Å². The predicted octanol–water partition coefficient (Wildman–Crippen LogP) is 4.79. The molecule has 0 aliphatic rings. The summed E-state index contributed by atoms with van der Waals surface area (Å²) in [6.07, 6.45) is 3.18. The van der Waals surface area contributed by atoms with Crippen LogP contribution in [0.5, 0.6) is 5.75 Å². The van der Waals surface area contributed by atoms with Crippen LogP contribution < -0.4 is 4.74 Å². The van der Waals surface area contributed by atoms with Gasteiger partial charge in [-0.05, 0) is 29.8 Å². The zero-order chi connectivity index (χ0) is 19.2. The minimum Gasteiger partial charge on any atom is -0.497 e. The molecule has 0 N–H and O–H groups in total.